The monoisotopic (exact) mass is 503 g/mol. The molecule has 0 saturated carbocycles. The van der Waals surface area contributed by atoms with Crippen LogP contribution in [0.3, 0.4) is 0 Å². The van der Waals surface area contributed by atoms with Gasteiger partial charge in [0, 0.05) is 25.3 Å². The maximum Gasteiger partial charge on any atom is 0.451 e. The van der Waals surface area contributed by atoms with E-state index in [0.717, 1.165) is 24.8 Å². The Bertz CT molecular complexity index is 924. The summed E-state index contributed by atoms with van der Waals surface area (Å²) in [5.41, 5.74) is 11.8. The van der Waals surface area contributed by atoms with Gasteiger partial charge in [0.05, 0.1) is 18.7 Å². The van der Waals surface area contributed by atoms with E-state index in [1.54, 1.807) is 50.5 Å². The van der Waals surface area contributed by atoms with Gasteiger partial charge in [-0.15, -0.1) is 4.99 Å². The van der Waals surface area contributed by atoms with Crippen LogP contribution in [0.4, 0.5) is 4.79 Å². The molecule has 1 saturated heterocycles. The highest BCUT2D eigenvalue weighted by molar-refractivity contribution is 5.99. The highest BCUT2D eigenvalue weighted by atomic mass is 16.5. The zero-order valence-corrected chi connectivity index (χ0v) is 22.5. The zero-order chi connectivity index (χ0) is 27.9. The molecular weight excluding hydrogens is 460 g/mol. The summed E-state index contributed by atoms with van der Waals surface area (Å²) in [4.78, 5) is 37.9. The number of rotatable bonds is 7. The maximum absolute atomic E-state index is 12.1. The molecule has 2 aliphatic heterocycles. The number of ketones is 1. The number of urea groups is 1. The molecule has 2 aliphatic rings. The molecule has 200 valence electrons. The van der Waals surface area contributed by atoms with Crippen molar-refractivity contribution >= 4 is 29.2 Å². The molecule has 0 aromatic heterocycles. The number of aliphatic imine (C=N–C) groups is 1. The summed E-state index contributed by atoms with van der Waals surface area (Å²) in [6.45, 7) is 11.4. The first-order chi connectivity index (χ1) is 17.1. The summed E-state index contributed by atoms with van der Waals surface area (Å²) in [6, 6.07) is 6.53. The predicted molar refractivity (Wildman–Crippen MR) is 144 cm³/mol. The second kappa shape index (κ2) is 16.5. The van der Waals surface area contributed by atoms with E-state index in [4.69, 9.17) is 15.6 Å². The number of benzene rings is 1. The molecule has 3 atom stereocenters. The second-order valence-corrected chi connectivity index (χ2v) is 8.13. The normalized spacial score (nSPS) is 22.0. The van der Waals surface area contributed by atoms with Gasteiger partial charge in [-0.1, -0.05) is 51.1 Å². The van der Waals surface area contributed by atoms with Crippen molar-refractivity contribution in [3.63, 3.8) is 0 Å². The fourth-order valence-electron chi connectivity index (χ4n) is 3.60. The summed E-state index contributed by atoms with van der Waals surface area (Å²) < 4.78 is 5.94. The SMILES string of the molecule is C=C(C)c1ccccc1C(=O)O.CC.CCC(=O)CCC1CCC([N+]2(C)C=CC(N)=NC2=O)O1.CN. The molecular formula is C27H43N4O5+. The van der Waals surface area contributed by atoms with E-state index in [-0.39, 0.29) is 34.5 Å². The standard InChI is InChI=1S/C14H21N3O3.C10H10O2.C2H6.CH5N/c1-3-10(18)4-5-11-6-7-13(20-11)17(2)9-8-12(15)16-14(17)19;1-7(2)8-5-3-4-6-9(8)10(11)12;2*1-2/h8-9,11,13H,3-7H2,1-2H3,(H-,15,16,19);3-6H,1H2,2H3,(H,11,12);1-2H3;2H2,1H3/p+1. The van der Waals surface area contributed by atoms with Gasteiger partial charge in [0.1, 0.15) is 17.8 Å². The van der Waals surface area contributed by atoms with Crippen molar-refractivity contribution in [3.05, 3.63) is 54.2 Å². The largest absolute Gasteiger partial charge is 0.478 e. The summed E-state index contributed by atoms with van der Waals surface area (Å²) >= 11 is 0. The Labute approximate surface area is 215 Å². The zero-order valence-electron chi connectivity index (χ0n) is 22.5. The molecule has 0 aliphatic carbocycles. The lowest BCUT2D eigenvalue weighted by Crippen LogP contribution is -2.53. The lowest BCUT2D eigenvalue weighted by Gasteiger charge is -2.32. The van der Waals surface area contributed by atoms with Gasteiger partial charge in [-0.3, -0.25) is 4.79 Å². The van der Waals surface area contributed by atoms with Crippen LogP contribution < -0.4 is 11.5 Å². The third-order valence-corrected chi connectivity index (χ3v) is 5.63. The Morgan fingerprint density at radius 2 is 1.78 bits per heavy atom. The Balaban J connectivity index is 0.000000655. The van der Waals surface area contributed by atoms with Gasteiger partial charge in [-0.05, 0) is 38.4 Å². The Hall–Kier alpha value is -3.14. The number of quaternary nitrogens is 1. The first kappa shape index (κ1) is 32.9. The average Bonchev–Trinajstić information content (AvgIpc) is 3.37. The van der Waals surface area contributed by atoms with Gasteiger partial charge in [0.2, 0.25) is 6.23 Å². The van der Waals surface area contributed by atoms with E-state index >= 15 is 0 Å². The highest BCUT2D eigenvalue weighted by Gasteiger charge is 2.45. The number of nitrogens with zero attached hydrogens (tertiary/aromatic N) is 2. The van der Waals surface area contributed by atoms with Gasteiger partial charge in [0.15, 0.2) is 0 Å². The number of carbonyl (C=O) groups excluding carboxylic acids is 2. The van der Waals surface area contributed by atoms with E-state index in [9.17, 15) is 14.4 Å². The third-order valence-electron chi connectivity index (χ3n) is 5.63. The number of amides is 2. The van der Waals surface area contributed by atoms with E-state index in [2.05, 4.69) is 17.3 Å². The van der Waals surface area contributed by atoms with Crippen molar-refractivity contribution in [1.29, 1.82) is 0 Å². The molecule has 0 spiro atoms. The van der Waals surface area contributed by atoms with Crippen LogP contribution in [0.25, 0.3) is 5.57 Å². The summed E-state index contributed by atoms with van der Waals surface area (Å²) in [7, 11) is 3.28. The van der Waals surface area contributed by atoms with Crippen LogP contribution in [0.5, 0.6) is 0 Å². The van der Waals surface area contributed by atoms with Crippen LogP contribution >= 0.6 is 0 Å². The lowest BCUT2D eigenvalue weighted by molar-refractivity contribution is -0.830. The molecule has 0 bridgehead atoms. The van der Waals surface area contributed by atoms with Crippen molar-refractivity contribution < 1.29 is 28.7 Å². The van der Waals surface area contributed by atoms with Gasteiger partial charge in [-0.25, -0.2) is 9.59 Å². The molecule has 3 unspecified atom stereocenters. The number of hydrogen-bond acceptors (Lipinski definition) is 6. The molecule has 2 heterocycles. The van der Waals surface area contributed by atoms with Crippen molar-refractivity contribution in [1.82, 2.24) is 0 Å². The maximum atomic E-state index is 12.1. The molecule has 1 aromatic carbocycles. The quantitative estimate of drug-likeness (QED) is 0.456. The van der Waals surface area contributed by atoms with E-state index in [1.807, 2.05) is 20.8 Å². The summed E-state index contributed by atoms with van der Waals surface area (Å²) in [6.07, 6.45) is 6.68. The minimum atomic E-state index is -0.909. The number of allylic oxidation sites excluding steroid dienone is 1. The Morgan fingerprint density at radius 1 is 1.19 bits per heavy atom. The molecule has 9 heteroatoms. The minimum absolute atomic E-state index is 0.00107. The number of aromatic carboxylic acids is 1. The van der Waals surface area contributed by atoms with Crippen LogP contribution in [-0.2, 0) is 9.53 Å². The summed E-state index contributed by atoms with van der Waals surface area (Å²) in [5, 5.41) is 8.77. The van der Waals surface area contributed by atoms with Crippen molar-refractivity contribution in [2.75, 3.05) is 14.1 Å². The van der Waals surface area contributed by atoms with Crippen molar-refractivity contribution in [2.24, 2.45) is 16.5 Å². The minimum Gasteiger partial charge on any atom is -0.478 e. The van der Waals surface area contributed by atoms with Crippen LogP contribution in [0.2, 0.25) is 0 Å². The molecule has 0 radical (unpaired) electrons. The number of carbonyl (C=O) groups is 3. The van der Waals surface area contributed by atoms with Gasteiger partial charge in [0.25, 0.3) is 0 Å². The van der Waals surface area contributed by atoms with Gasteiger partial charge < -0.3 is 21.3 Å². The number of carboxylic acid groups (broad SMARTS) is 1. The van der Waals surface area contributed by atoms with E-state index in [1.165, 1.54) is 7.05 Å². The molecule has 3 rings (SSSR count). The van der Waals surface area contributed by atoms with E-state index in [0.29, 0.717) is 24.0 Å². The fraction of sp³-hybridized carbons (Fsp3) is 0.481. The van der Waals surface area contributed by atoms with Crippen LogP contribution in [0.1, 0.15) is 75.7 Å². The van der Waals surface area contributed by atoms with Crippen LogP contribution in [0, 0.1) is 0 Å². The molecule has 1 aromatic rings. The fourth-order valence-corrected chi connectivity index (χ4v) is 3.60. The smallest absolute Gasteiger partial charge is 0.451 e. The molecule has 2 amide bonds. The number of nitrogens with two attached hydrogens (primary N) is 2. The molecule has 36 heavy (non-hydrogen) atoms. The number of hydrogen-bond donors (Lipinski definition) is 3. The molecule has 9 nitrogen and oxygen atoms in total. The first-order valence-corrected chi connectivity index (χ1v) is 12.2. The van der Waals surface area contributed by atoms with Crippen LogP contribution in [0.15, 0.2) is 48.1 Å². The van der Waals surface area contributed by atoms with E-state index < -0.39 is 5.97 Å². The molecule has 1 fully saturated rings. The first-order valence-electron chi connectivity index (χ1n) is 12.2. The molecule has 5 N–H and O–H groups in total. The lowest BCUT2D eigenvalue weighted by atomic mass is 10.0. The number of carboxylic acids is 1. The highest BCUT2D eigenvalue weighted by Crippen LogP contribution is 2.31. The third kappa shape index (κ3) is 9.49. The average molecular weight is 504 g/mol. The number of ether oxygens (including phenoxy) is 1. The van der Waals surface area contributed by atoms with Crippen molar-refractivity contribution in [2.45, 2.75) is 72.1 Å². The second-order valence-electron chi connectivity index (χ2n) is 8.13. The summed E-state index contributed by atoms with van der Waals surface area (Å²) in [5.74, 6) is -0.425. The van der Waals surface area contributed by atoms with Gasteiger partial charge in [-0.2, -0.15) is 4.48 Å². The number of Topliss-reactive ketones (excluding diaryl/α,β-unsaturated/α-hetero) is 1. The predicted octanol–water partition coefficient (Wildman–Crippen LogP) is 4.72. The van der Waals surface area contributed by atoms with Crippen molar-refractivity contribution in [3.8, 4) is 0 Å². The van der Waals surface area contributed by atoms with Crippen LogP contribution in [-0.4, -0.2) is 59.6 Å². The Kier molecular flexibility index (Phi) is 15.1. The van der Waals surface area contributed by atoms with Gasteiger partial charge >= 0.3 is 12.0 Å². The number of amidine groups is 1. The Morgan fingerprint density at radius 3 is 2.25 bits per heavy atom. The topological polar surface area (TPSA) is 145 Å².